The first kappa shape index (κ1) is 27.3. The highest BCUT2D eigenvalue weighted by atomic mass is 16.7. The Morgan fingerprint density at radius 1 is 1.29 bits per heavy atom. The van der Waals surface area contributed by atoms with Crippen LogP contribution in [0.3, 0.4) is 0 Å². The highest BCUT2D eigenvalue weighted by Crippen LogP contribution is 2.62. The van der Waals surface area contributed by atoms with E-state index in [0.717, 1.165) is 18.4 Å². The van der Waals surface area contributed by atoms with Crippen molar-refractivity contribution in [1.82, 2.24) is 0 Å². The van der Waals surface area contributed by atoms with Crippen molar-refractivity contribution in [2.45, 2.75) is 96.1 Å². The summed E-state index contributed by atoms with van der Waals surface area (Å²) in [6, 6.07) is 0. The van der Waals surface area contributed by atoms with Crippen LogP contribution in [0.15, 0.2) is 24.3 Å². The molecule has 3 aliphatic rings. The predicted octanol–water partition coefficient (Wildman–Crippen LogP) is 2.09. The Morgan fingerprint density at radius 3 is 2.59 bits per heavy atom. The van der Waals surface area contributed by atoms with E-state index < -0.39 is 41.7 Å². The summed E-state index contributed by atoms with van der Waals surface area (Å²) in [5.74, 6) is -0.497. The summed E-state index contributed by atoms with van der Waals surface area (Å²) in [4.78, 5) is 13.1. The molecule has 8 nitrogen and oxygen atoms in total. The van der Waals surface area contributed by atoms with Crippen LogP contribution in [0.2, 0.25) is 0 Å². The van der Waals surface area contributed by atoms with Crippen LogP contribution >= 0.6 is 0 Å². The van der Waals surface area contributed by atoms with Gasteiger partial charge in [-0.2, -0.15) is 0 Å². The normalized spacial score (nSPS) is 44.4. The lowest BCUT2D eigenvalue weighted by atomic mass is 9.46. The molecule has 0 radical (unpaired) electrons. The smallest absolute Gasteiger partial charge is 0.311 e. The van der Waals surface area contributed by atoms with Crippen LogP contribution in [-0.4, -0.2) is 76.4 Å². The van der Waals surface area contributed by atoms with Crippen molar-refractivity contribution < 1.29 is 39.4 Å². The minimum atomic E-state index is -1.42. The molecule has 0 bridgehead atoms. The molecule has 1 saturated heterocycles. The number of ether oxygens (including phenoxy) is 3. The summed E-state index contributed by atoms with van der Waals surface area (Å²) < 4.78 is 17.1. The molecule has 1 aliphatic heterocycles. The standard InChI is InChI=1S/C26H42O8/c1-7-24(3,31)12-9-16-15(2)13-18(34-22-20(29)19(28)17(27)14-33-22)21-25(16,4)10-8-11-26(21,5)23(30)32-6/h7,13,16-22,27-29,31H,1,8-12,14H2,2-6H3. The van der Waals surface area contributed by atoms with E-state index in [4.69, 9.17) is 14.2 Å². The molecule has 10 unspecified atom stereocenters. The third-order valence-electron chi connectivity index (χ3n) is 8.69. The number of esters is 1. The van der Waals surface area contributed by atoms with E-state index in [0.29, 0.717) is 19.3 Å². The number of methoxy groups -OCH3 is 1. The number of aliphatic hydroxyl groups is 4. The Bertz CT molecular complexity index is 794. The molecule has 0 aromatic rings. The first-order chi connectivity index (χ1) is 15.8. The number of fused-ring (bicyclic) bond motifs is 1. The SMILES string of the molecule is C=CC(C)(O)CCC1C(C)=CC(OC2OCC(O)C(O)C2O)C2C(C)(C(=O)OC)CCCC12C. The molecule has 0 aromatic carbocycles. The topological polar surface area (TPSA) is 126 Å². The second kappa shape index (κ2) is 9.99. The number of rotatable bonds is 7. The maximum atomic E-state index is 13.1. The number of allylic oxidation sites excluding steroid dienone is 1. The minimum absolute atomic E-state index is 0.0951. The highest BCUT2D eigenvalue weighted by Gasteiger charge is 2.61. The maximum absolute atomic E-state index is 13.1. The Labute approximate surface area is 202 Å². The molecule has 10 atom stereocenters. The van der Waals surface area contributed by atoms with Gasteiger partial charge in [0.2, 0.25) is 0 Å². The van der Waals surface area contributed by atoms with Gasteiger partial charge in [0.15, 0.2) is 6.29 Å². The van der Waals surface area contributed by atoms with Crippen molar-refractivity contribution >= 4 is 5.97 Å². The molecule has 2 aliphatic carbocycles. The monoisotopic (exact) mass is 482 g/mol. The van der Waals surface area contributed by atoms with E-state index in [2.05, 4.69) is 13.5 Å². The molecule has 1 saturated carbocycles. The van der Waals surface area contributed by atoms with Crippen LogP contribution in [0.5, 0.6) is 0 Å². The summed E-state index contributed by atoms with van der Waals surface area (Å²) in [7, 11) is 1.39. The van der Waals surface area contributed by atoms with Gasteiger partial charge in [-0.3, -0.25) is 4.79 Å². The van der Waals surface area contributed by atoms with Gasteiger partial charge in [-0.25, -0.2) is 0 Å². The molecule has 0 aromatic heterocycles. The van der Waals surface area contributed by atoms with E-state index in [1.165, 1.54) is 7.11 Å². The summed E-state index contributed by atoms with van der Waals surface area (Å²) in [6.45, 7) is 11.5. The quantitative estimate of drug-likeness (QED) is 0.321. The maximum Gasteiger partial charge on any atom is 0.311 e. The van der Waals surface area contributed by atoms with Crippen molar-refractivity contribution in [1.29, 1.82) is 0 Å². The van der Waals surface area contributed by atoms with Crippen LogP contribution in [0.25, 0.3) is 0 Å². The fraction of sp³-hybridized carbons (Fsp3) is 0.808. The van der Waals surface area contributed by atoms with Gasteiger partial charge in [0.1, 0.15) is 18.3 Å². The van der Waals surface area contributed by atoms with E-state index in [1.807, 2.05) is 19.9 Å². The van der Waals surface area contributed by atoms with Crippen molar-refractivity contribution in [2.75, 3.05) is 13.7 Å². The van der Waals surface area contributed by atoms with Gasteiger partial charge in [-0.05, 0) is 57.8 Å². The van der Waals surface area contributed by atoms with Gasteiger partial charge in [-0.15, -0.1) is 6.58 Å². The lowest BCUT2D eigenvalue weighted by molar-refractivity contribution is -0.292. The van der Waals surface area contributed by atoms with E-state index in [-0.39, 0.29) is 29.8 Å². The van der Waals surface area contributed by atoms with Gasteiger partial charge in [0, 0.05) is 5.92 Å². The van der Waals surface area contributed by atoms with Crippen LogP contribution in [0.4, 0.5) is 0 Å². The van der Waals surface area contributed by atoms with E-state index in [9.17, 15) is 25.2 Å². The second-order valence-corrected chi connectivity index (χ2v) is 11.2. The largest absolute Gasteiger partial charge is 0.469 e. The van der Waals surface area contributed by atoms with Crippen molar-refractivity contribution in [3.05, 3.63) is 24.3 Å². The molecule has 0 amide bonds. The Hall–Kier alpha value is -1.29. The number of carbonyl (C=O) groups excluding carboxylic acids is 1. The number of hydrogen-bond donors (Lipinski definition) is 4. The first-order valence-electron chi connectivity index (χ1n) is 12.2. The first-order valence-corrected chi connectivity index (χ1v) is 12.2. The van der Waals surface area contributed by atoms with Crippen molar-refractivity contribution in [3.8, 4) is 0 Å². The fourth-order valence-electron chi connectivity index (χ4n) is 6.73. The highest BCUT2D eigenvalue weighted by molar-refractivity contribution is 5.77. The number of aliphatic hydroxyl groups excluding tert-OH is 3. The molecule has 4 N–H and O–H groups in total. The van der Waals surface area contributed by atoms with Crippen molar-refractivity contribution in [2.24, 2.45) is 22.7 Å². The average Bonchev–Trinajstić information content (AvgIpc) is 2.78. The summed E-state index contributed by atoms with van der Waals surface area (Å²) in [6.07, 6.45) is 1.43. The molecule has 3 rings (SSSR count). The van der Waals surface area contributed by atoms with E-state index >= 15 is 0 Å². The molecule has 194 valence electrons. The zero-order chi connectivity index (χ0) is 25.5. The molecule has 8 heteroatoms. The Balaban J connectivity index is 2.01. The lowest BCUT2D eigenvalue weighted by Gasteiger charge is -2.59. The predicted molar refractivity (Wildman–Crippen MR) is 126 cm³/mol. The van der Waals surface area contributed by atoms with Crippen LogP contribution in [0, 0.1) is 22.7 Å². The number of hydrogen-bond acceptors (Lipinski definition) is 8. The van der Waals surface area contributed by atoms with Crippen LogP contribution < -0.4 is 0 Å². The average molecular weight is 483 g/mol. The molecular weight excluding hydrogens is 440 g/mol. The van der Waals surface area contributed by atoms with Crippen LogP contribution in [0.1, 0.15) is 59.8 Å². The lowest BCUT2D eigenvalue weighted by Crippen LogP contribution is -2.61. The number of carbonyl (C=O) groups is 1. The third kappa shape index (κ3) is 4.86. The Kier molecular flexibility index (Phi) is 8.02. The zero-order valence-electron chi connectivity index (χ0n) is 21.1. The molecule has 2 fully saturated rings. The summed E-state index contributed by atoms with van der Waals surface area (Å²) in [5.41, 5.74) is -1.08. The van der Waals surface area contributed by atoms with Crippen LogP contribution in [-0.2, 0) is 19.0 Å². The summed E-state index contributed by atoms with van der Waals surface area (Å²) >= 11 is 0. The Morgan fingerprint density at radius 2 is 1.97 bits per heavy atom. The molecule has 1 heterocycles. The van der Waals surface area contributed by atoms with Gasteiger partial charge in [-0.1, -0.05) is 31.1 Å². The van der Waals surface area contributed by atoms with Gasteiger partial charge in [0.05, 0.1) is 30.8 Å². The van der Waals surface area contributed by atoms with Gasteiger partial charge >= 0.3 is 5.97 Å². The fourth-order valence-corrected chi connectivity index (χ4v) is 6.73. The van der Waals surface area contributed by atoms with Gasteiger partial charge < -0.3 is 34.6 Å². The second-order valence-electron chi connectivity index (χ2n) is 11.2. The van der Waals surface area contributed by atoms with Gasteiger partial charge in [0.25, 0.3) is 0 Å². The molecule has 34 heavy (non-hydrogen) atoms. The molecule has 0 spiro atoms. The van der Waals surface area contributed by atoms with E-state index in [1.54, 1.807) is 13.0 Å². The molecular formula is C26H42O8. The zero-order valence-corrected chi connectivity index (χ0v) is 21.1. The third-order valence-corrected chi connectivity index (χ3v) is 8.69. The van der Waals surface area contributed by atoms with Crippen molar-refractivity contribution in [3.63, 3.8) is 0 Å². The minimum Gasteiger partial charge on any atom is -0.469 e. The summed E-state index contributed by atoms with van der Waals surface area (Å²) in [5, 5.41) is 41.0.